The van der Waals surface area contributed by atoms with Gasteiger partial charge in [-0.25, -0.2) is 0 Å². The number of rotatable bonds is 7. The van der Waals surface area contributed by atoms with Gasteiger partial charge >= 0.3 is 5.97 Å². The summed E-state index contributed by atoms with van der Waals surface area (Å²) in [5.41, 5.74) is 0. The van der Waals surface area contributed by atoms with Crippen LogP contribution >= 0.6 is 0 Å². The van der Waals surface area contributed by atoms with Gasteiger partial charge in [-0.3, -0.25) is 9.69 Å². The summed E-state index contributed by atoms with van der Waals surface area (Å²) in [5.74, 6) is -0.832. The number of ether oxygens (including phenoxy) is 2. The minimum atomic E-state index is -0.832. The molecule has 0 bridgehead atoms. The number of carboxylic acids is 1. The summed E-state index contributed by atoms with van der Waals surface area (Å²) in [7, 11) is 1.52. The first-order valence-electron chi connectivity index (χ1n) is 5.76. The Morgan fingerprint density at radius 2 is 2.44 bits per heavy atom. The largest absolute Gasteiger partial charge is 0.480 e. The molecule has 1 N–H and O–H groups in total. The molecule has 1 aliphatic heterocycles. The van der Waals surface area contributed by atoms with E-state index in [0.29, 0.717) is 13.1 Å². The Bertz CT molecular complexity index is 216. The Morgan fingerprint density at radius 3 is 2.88 bits per heavy atom. The van der Waals surface area contributed by atoms with Crippen LogP contribution in [0.1, 0.15) is 19.8 Å². The predicted octanol–water partition coefficient (Wildman–Crippen LogP) is 0.587. The van der Waals surface area contributed by atoms with Gasteiger partial charge in [-0.1, -0.05) is 6.92 Å². The van der Waals surface area contributed by atoms with E-state index in [9.17, 15) is 4.79 Å². The Hall–Kier alpha value is -0.650. The summed E-state index contributed by atoms with van der Waals surface area (Å²) < 4.78 is 10.5. The minimum Gasteiger partial charge on any atom is -0.480 e. The topological polar surface area (TPSA) is 59.0 Å². The molecule has 1 rings (SSSR count). The molecule has 0 radical (unpaired) electrons. The molecule has 0 aromatic rings. The molecule has 2 unspecified atom stereocenters. The maximum absolute atomic E-state index is 11.1. The first kappa shape index (κ1) is 13.4. The van der Waals surface area contributed by atoms with Crippen molar-refractivity contribution in [2.75, 3.05) is 33.4 Å². The molecule has 5 nitrogen and oxygen atoms in total. The standard InChI is InChI=1S/C11H21NO4/c1-3-12(7-9-5-4-6-16-9)10(8-15-2)11(13)14/h9-10H,3-8H2,1-2H3,(H,13,14). The zero-order chi connectivity index (χ0) is 12.0. The molecule has 0 aromatic heterocycles. The third-order valence-corrected chi connectivity index (χ3v) is 2.92. The van der Waals surface area contributed by atoms with Gasteiger partial charge in [0.1, 0.15) is 6.04 Å². The lowest BCUT2D eigenvalue weighted by molar-refractivity contribution is -0.146. The third kappa shape index (κ3) is 3.73. The molecule has 16 heavy (non-hydrogen) atoms. The molecular weight excluding hydrogens is 210 g/mol. The van der Waals surface area contributed by atoms with Crippen molar-refractivity contribution in [2.45, 2.75) is 31.9 Å². The van der Waals surface area contributed by atoms with Gasteiger partial charge in [0, 0.05) is 20.3 Å². The monoisotopic (exact) mass is 231 g/mol. The summed E-state index contributed by atoms with van der Waals surface area (Å²) in [5, 5.41) is 9.12. The van der Waals surface area contributed by atoms with E-state index < -0.39 is 12.0 Å². The van der Waals surface area contributed by atoms with Crippen molar-refractivity contribution in [3.8, 4) is 0 Å². The van der Waals surface area contributed by atoms with Crippen LogP contribution in [-0.4, -0.2) is 61.5 Å². The second-order valence-electron chi connectivity index (χ2n) is 4.03. The lowest BCUT2D eigenvalue weighted by Crippen LogP contribution is -2.47. The fourth-order valence-electron chi connectivity index (χ4n) is 2.02. The normalized spacial score (nSPS) is 22.6. The fraction of sp³-hybridized carbons (Fsp3) is 0.909. The number of hydrogen-bond acceptors (Lipinski definition) is 4. The summed E-state index contributed by atoms with van der Waals surface area (Å²) >= 11 is 0. The van der Waals surface area contributed by atoms with Gasteiger partial charge in [-0.05, 0) is 19.4 Å². The van der Waals surface area contributed by atoms with Gasteiger partial charge in [0.05, 0.1) is 12.7 Å². The SMILES string of the molecule is CCN(CC1CCCO1)C(COC)C(=O)O. The molecule has 1 aliphatic rings. The Labute approximate surface area is 96.3 Å². The fourth-order valence-corrected chi connectivity index (χ4v) is 2.02. The van der Waals surface area contributed by atoms with Crippen LogP contribution in [0.4, 0.5) is 0 Å². The van der Waals surface area contributed by atoms with Crippen LogP contribution in [-0.2, 0) is 14.3 Å². The number of carbonyl (C=O) groups is 1. The smallest absolute Gasteiger partial charge is 0.323 e. The molecule has 0 aliphatic carbocycles. The number of hydrogen-bond donors (Lipinski definition) is 1. The van der Waals surface area contributed by atoms with E-state index in [0.717, 1.165) is 19.4 Å². The van der Waals surface area contributed by atoms with Crippen LogP contribution in [0.15, 0.2) is 0 Å². The van der Waals surface area contributed by atoms with Crippen molar-refractivity contribution in [3.63, 3.8) is 0 Å². The highest BCUT2D eigenvalue weighted by molar-refractivity contribution is 5.73. The second-order valence-corrected chi connectivity index (χ2v) is 4.03. The molecule has 1 heterocycles. The quantitative estimate of drug-likeness (QED) is 0.695. The van der Waals surface area contributed by atoms with Crippen molar-refractivity contribution in [1.82, 2.24) is 4.90 Å². The number of nitrogens with zero attached hydrogens (tertiary/aromatic N) is 1. The van der Waals surface area contributed by atoms with Crippen LogP contribution < -0.4 is 0 Å². The van der Waals surface area contributed by atoms with E-state index in [4.69, 9.17) is 14.6 Å². The van der Waals surface area contributed by atoms with Crippen LogP contribution in [0.2, 0.25) is 0 Å². The minimum absolute atomic E-state index is 0.179. The summed E-state index contributed by atoms with van der Waals surface area (Å²) in [6, 6.07) is -0.570. The number of methoxy groups -OCH3 is 1. The average molecular weight is 231 g/mol. The summed E-state index contributed by atoms with van der Waals surface area (Å²) in [6.45, 7) is 4.34. The molecule has 0 amide bonds. The first-order chi connectivity index (χ1) is 7.69. The van der Waals surface area contributed by atoms with Crippen molar-refractivity contribution in [1.29, 1.82) is 0 Å². The van der Waals surface area contributed by atoms with Gasteiger partial charge in [-0.2, -0.15) is 0 Å². The van der Waals surface area contributed by atoms with E-state index in [1.807, 2.05) is 11.8 Å². The number of carboxylic acid groups (broad SMARTS) is 1. The summed E-state index contributed by atoms with van der Waals surface area (Å²) in [4.78, 5) is 13.0. The van der Waals surface area contributed by atoms with Crippen LogP contribution in [0.5, 0.6) is 0 Å². The van der Waals surface area contributed by atoms with Gasteiger partial charge in [-0.15, -0.1) is 0 Å². The highest BCUT2D eigenvalue weighted by Gasteiger charge is 2.28. The van der Waals surface area contributed by atoms with Crippen molar-refractivity contribution in [2.24, 2.45) is 0 Å². The van der Waals surface area contributed by atoms with Gasteiger partial charge in [0.2, 0.25) is 0 Å². The highest BCUT2D eigenvalue weighted by Crippen LogP contribution is 2.14. The maximum Gasteiger partial charge on any atom is 0.323 e. The first-order valence-corrected chi connectivity index (χ1v) is 5.76. The molecule has 94 valence electrons. The zero-order valence-corrected chi connectivity index (χ0v) is 10.0. The van der Waals surface area contributed by atoms with E-state index in [1.54, 1.807) is 0 Å². The van der Waals surface area contributed by atoms with E-state index in [-0.39, 0.29) is 12.7 Å². The highest BCUT2D eigenvalue weighted by atomic mass is 16.5. The predicted molar refractivity (Wildman–Crippen MR) is 59.5 cm³/mol. The van der Waals surface area contributed by atoms with Crippen molar-refractivity contribution < 1.29 is 19.4 Å². The Kier molecular flexibility index (Phi) is 5.73. The molecule has 0 saturated carbocycles. The maximum atomic E-state index is 11.1. The Morgan fingerprint density at radius 1 is 1.69 bits per heavy atom. The van der Waals surface area contributed by atoms with E-state index >= 15 is 0 Å². The lowest BCUT2D eigenvalue weighted by atomic mass is 10.2. The number of aliphatic carboxylic acids is 1. The van der Waals surface area contributed by atoms with Crippen molar-refractivity contribution in [3.05, 3.63) is 0 Å². The van der Waals surface area contributed by atoms with Crippen LogP contribution in [0.25, 0.3) is 0 Å². The Balaban J connectivity index is 2.51. The van der Waals surface area contributed by atoms with E-state index in [2.05, 4.69) is 0 Å². The van der Waals surface area contributed by atoms with Gasteiger partial charge in [0.15, 0.2) is 0 Å². The molecular formula is C11H21NO4. The van der Waals surface area contributed by atoms with E-state index in [1.165, 1.54) is 7.11 Å². The zero-order valence-electron chi connectivity index (χ0n) is 10.0. The number of likely N-dealkylation sites (N-methyl/N-ethyl adjacent to an activating group) is 1. The van der Waals surface area contributed by atoms with Crippen molar-refractivity contribution >= 4 is 5.97 Å². The molecule has 1 saturated heterocycles. The lowest BCUT2D eigenvalue weighted by Gasteiger charge is -2.29. The van der Waals surface area contributed by atoms with Crippen LogP contribution in [0.3, 0.4) is 0 Å². The van der Waals surface area contributed by atoms with Gasteiger partial charge < -0.3 is 14.6 Å². The molecule has 1 fully saturated rings. The molecule has 0 aromatic carbocycles. The molecule has 5 heteroatoms. The average Bonchev–Trinajstić information content (AvgIpc) is 2.75. The molecule has 2 atom stereocenters. The van der Waals surface area contributed by atoms with Crippen LogP contribution in [0, 0.1) is 0 Å². The third-order valence-electron chi connectivity index (χ3n) is 2.92. The second kappa shape index (κ2) is 6.83. The molecule has 0 spiro atoms. The summed E-state index contributed by atoms with van der Waals surface area (Å²) in [6.07, 6.45) is 2.28. The van der Waals surface area contributed by atoms with Gasteiger partial charge in [0.25, 0.3) is 0 Å².